The molecule has 0 saturated heterocycles. The molecule has 2 N–H and O–H groups in total. The minimum Gasteiger partial charge on any atom is -0.481 e. The van der Waals surface area contributed by atoms with Crippen molar-refractivity contribution in [3.05, 3.63) is 5.82 Å². The van der Waals surface area contributed by atoms with Gasteiger partial charge in [0, 0.05) is 12.8 Å². The highest BCUT2D eigenvalue weighted by Gasteiger charge is 2.61. The fourth-order valence-electron chi connectivity index (χ4n) is 8.69. The number of hydrogen-bond donors (Lipinski definition) is 2. The van der Waals surface area contributed by atoms with Crippen molar-refractivity contribution in [1.82, 2.24) is 20.2 Å². The lowest BCUT2D eigenvalue weighted by Crippen LogP contribution is -2.50. The van der Waals surface area contributed by atoms with Gasteiger partial charge in [-0.15, -0.1) is 5.10 Å². The molecule has 0 amide bonds. The van der Waals surface area contributed by atoms with E-state index in [1.54, 1.807) is 0 Å². The summed E-state index contributed by atoms with van der Waals surface area (Å²) in [4.78, 5) is 11.2. The van der Waals surface area contributed by atoms with Crippen LogP contribution in [-0.4, -0.2) is 42.5 Å². The summed E-state index contributed by atoms with van der Waals surface area (Å²) in [6.07, 6.45) is 9.32. The summed E-state index contributed by atoms with van der Waals surface area (Å²) < 4.78 is 2.19. The zero-order valence-corrected chi connectivity index (χ0v) is 19.2. The topological polar surface area (TPSA) is 101 Å². The van der Waals surface area contributed by atoms with Gasteiger partial charge in [-0.25, -0.2) is 4.68 Å². The van der Waals surface area contributed by atoms with E-state index in [0.717, 1.165) is 37.9 Å². The number of nitrogens with zero attached hydrogens (tertiary/aromatic N) is 4. The van der Waals surface area contributed by atoms with Gasteiger partial charge >= 0.3 is 5.97 Å². The van der Waals surface area contributed by atoms with E-state index in [9.17, 15) is 15.0 Å². The minimum absolute atomic E-state index is 0.196. The van der Waals surface area contributed by atoms with Crippen LogP contribution in [0, 0.1) is 40.4 Å². The lowest BCUT2D eigenvalue weighted by atomic mass is 9.50. The second-order valence-electron chi connectivity index (χ2n) is 11.7. The predicted molar refractivity (Wildman–Crippen MR) is 115 cm³/mol. The number of carboxylic acid groups (broad SMARTS) is 1. The van der Waals surface area contributed by atoms with Gasteiger partial charge in [-0.2, -0.15) is 0 Å². The predicted octanol–water partition coefficient (Wildman–Crippen LogP) is 3.88. The average molecular weight is 431 g/mol. The molecule has 0 spiro atoms. The van der Waals surface area contributed by atoms with Crippen LogP contribution in [0.4, 0.5) is 0 Å². The fraction of sp³-hybridized carbons (Fsp3) is 0.917. The number of rotatable bonds is 4. The standard InChI is InChI=1S/C24H38N4O3/c1-14(4-7-21(30)31)17-5-6-18-22-19(9-11-24(17,18)3)23(2)10-8-16(29)12-15(23)13-20-25-26-27-28(20)22/h14-19,22,29H,4-13H2,1-3H3,(H,30,31)/t14-,15+,16-,17-,18+,19+,22+,23+,24-/m1/s1. The normalized spacial score (nSPS) is 45.0. The van der Waals surface area contributed by atoms with Gasteiger partial charge in [0.25, 0.3) is 0 Å². The van der Waals surface area contributed by atoms with Crippen molar-refractivity contribution in [1.29, 1.82) is 0 Å². The summed E-state index contributed by atoms with van der Waals surface area (Å²) in [6.45, 7) is 7.22. The Bertz CT molecular complexity index is 843. The summed E-state index contributed by atoms with van der Waals surface area (Å²) in [5.74, 6) is 2.83. The Kier molecular flexibility index (Phi) is 5.19. The first kappa shape index (κ1) is 21.4. The van der Waals surface area contributed by atoms with Gasteiger partial charge in [0.1, 0.15) is 0 Å². The number of hydrogen-bond acceptors (Lipinski definition) is 5. The molecular weight excluding hydrogens is 392 g/mol. The number of aliphatic hydroxyl groups excluding tert-OH is 1. The van der Waals surface area contributed by atoms with Crippen molar-refractivity contribution in [2.24, 2.45) is 40.4 Å². The molecule has 4 aliphatic rings. The third-order valence-electron chi connectivity index (χ3n) is 10.4. The summed E-state index contributed by atoms with van der Waals surface area (Å²) in [5.41, 5.74) is 0.424. The lowest BCUT2D eigenvalue weighted by Gasteiger charge is -2.56. The number of carboxylic acids is 1. The lowest BCUT2D eigenvalue weighted by molar-refractivity contribution is -0.137. The van der Waals surface area contributed by atoms with Gasteiger partial charge in [-0.3, -0.25) is 4.79 Å². The molecular formula is C24H38N4O3. The quantitative estimate of drug-likeness (QED) is 0.752. The summed E-state index contributed by atoms with van der Waals surface area (Å²) in [7, 11) is 0. The third-order valence-corrected chi connectivity index (χ3v) is 10.4. The van der Waals surface area contributed by atoms with Gasteiger partial charge in [-0.1, -0.05) is 20.8 Å². The van der Waals surface area contributed by atoms with Crippen molar-refractivity contribution < 1.29 is 15.0 Å². The van der Waals surface area contributed by atoms with Crippen LogP contribution in [0.25, 0.3) is 0 Å². The van der Waals surface area contributed by atoms with E-state index in [1.807, 2.05) is 0 Å². The van der Waals surface area contributed by atoms with Crippen LogP contribution in [0.1, 0.15) is 90.4 Å². The molecule has 3 aliphatic carbocycles. The summed E-state index contributed by atoms with van der Waals surface area (Å²) in [5, 5.41) is 32.7. The molecule has 31 heavy (non-hydrogen) atoms. The minimum atomic E-state index is -0.684. The molecule has 7 heteroatoms. The van der Waals surface area contributed by atoms with E-state index in [0.29, 0.717) is 35.6 Å². The number of fused-ring (bicyclic) bond motifs is 7. The summed E-state index contributed by atoms with van der Waals surface area (Å²) >= 11 is 0. The second kappa shape index (κ2) is 7.53. The molecule has 3 saturated carbocycles. The molecule has 3 fully saturated rings. The molecule has 172 valence electrons. The maximum Gasteiger partial charge on any atom is 0.303 e. The Labute approximate surface area is 185 Å². The van der Waals surface area contributed by atoms with Crippen molar-refractivity contribution in [3.63, 3.8) is 0 Å². The number of tetrazole rings is 1. The van der Waals surface area contributed by atoms with Crippen molar-refractivity contribution >= 4 is 5.97 Å². The Morgan fingerprint density at radius 2 is 1.90 bits per heavy atom. The van der Waals surface area contributed by atoms with Gasteiger partial charge in [-0.05, 0) is 102 Å². The van der Waals surface area contributed by atoms with E-state index in [1.165, 1.54) is 25.7 Å². The van der Waals surface area contributed by atoms with Crippen LogP contribution in [0.3, 0.4) is 0 Å². The number of aromatic nitrogens is 4. The number of carbonyl (C=O) groups is 1. The van der Waals surface area contributed by atoms with Crippen LogP contribution in [0.5, 0.6) is 0 Å². The van der Waals surface area contributed by atoms with Crippen molar-refractivity contribution in [2.45, 2.75) is 97.1 Å². The van der Waals surface area contributed by atoms with Crippen molar-refractivity contribution in [2.75, 3.05) is 0 Å². The Morgan fingerprint density at radius 3 is 2.68 bits per heavy atom. The molecule has 2 heterocycles. The first-order valence-corrected chi connectivity index (χ1v) is 12.4. The van der Waals surface area contributed by atoms with Gasteiger partial charge in [0.05, 0.1) is 12.1 Å². The molecule has 0 aromatic carbocycles. The van der Waals surface area contributed by atoms with E-state index in [-0.39, 0.29) is 23.4 Å². The van der Waals surface area contributed by atoms with Crippen LogP contribution < -0.4 is 0 Å². The van der Waals surface area contributed by atoms with E-state index >= 15 is 0 Å². The maximum absolute atomic E-state index is 11.2. The molecule has 7 nitrogen and oxygen atoms in total. The zero-order valence-electron chi connectivity index (χ0n) is 19.2. The number of aliphatic hydroxyl groups is 1. The molecule has 1 aliphatic heterocycles. The smallest absolute Gasteiger partial charge is 0.303 e. The SMILES string of the molecule is C[C@H](CCC(=O)O)[C@H]1CC[C@H]2[C@H]3[C@H](CC[C@]12C)[C@@]1(C)CC[C@@H](O)C[C@H]1Cc1nnnn13. The second-order valence-corrected chi connectivity index (χ2v) is 11.7. The highest BCUT2D eigenvalue weighted by atomic mass is 16.4. The molecule has 9 atom stereocenters. The van der Waals surface area contributed by atoms with Crippen molar-refractivity contribution in [3.8, 4) is 0 Å². The molecule has 5 rings (SSSR count). The molecule has 0 radical (unpaired) electrons. The maximum atomic E-state index is 11.2. The Balaban J connectivity index is 1.49. The first-order chi connectivity index (χ1) is 14.7. The van der Waals surface area contributed by atoms with Crippen LogP contribution in [0.2, 0.25) is 0 Å². The number of aliphatic carboxylic acids is 1. The highest BCUT2D eigenvalue weighted by molar-refractivity contribution is 5.66. The zero-order chi connectivity index (χ0) is 22.0. The van der Waals surface area contributed by atoms with Crippen LogP contribution in [0.15, 0.2) is 0 Å². The van der Waals surface area contributed by atoms with Crippen LogP contribution in [-0.2, 0) is 11.2 Å². The van der Waals surface area contributed by atoms with Gasteiger partial charge in [0.15, 0.2) is 5.82 Å². The van der Waals surface area contributed by atoms with E-state index in [4.69, 9.17) is 0 Å². The monoisotopic (exact) mass is 430 g/mol. The van der Waals surface area contributed by atoms with Gasteiger partial charge < -0.3 is 10.2 Å². The van der Waals surface area contributed by atoms with E-state index in [2.05, 4.69) is 41.0 Å². The largest absolute Gasteiger partial charge is 0.481 e. The first-order valence-electron chi connectivity index (χ1n) is 12.4. The molecule has 0 unspecified atom stereocenters. The summed E-state index contributed by atoms with van der Waals surface area (Å²) in [6, 6.07) is 0.325. The highest BCUT2D eigenvalue weighted by Crippen LogP contribution is 2.67. The molecule has 0 bridgehead atoms. The third kappa shape index (κ3) is 3.25. The molecule has 1 aromatic rings. The average Bonchev–Trinajstić information content (AvgIpc) is 3.30. The fourth-order valence-corrected chi connectivity index (χ4v) is 8.69. The van der Waals surface area contributed by atoms with Crippen LogP contribution >= 0.6 is 0 Å². The van der Waals surface area contributed by atoms with Gasteiger partial charge in [0.2, 0.25) is 0 Å². The van der Waals surface area contributed by atoms with E-state index < -0.39 is 5.97 Å². The Morgan fingerprint density at radius 1 is 1.16 bits per heavy atom. The molecule has 1 aromatic heterocycles. The Hall–Kier alpha value is -1.50.